The van der Waals surface area contributed by atoms with Gasteiger partial charge < -0.3 is 4.90 Å². The summed E-state index contributed by atoms with van der Waals surface area (Å²) in [5, 5.41) is 1.18. The standard InChI is InChI=1S/C20H29ClN4O/c1-4-7-18(24-11-6-10-23(3)12-13-24)19-22-17-9-8-15(21)14-16(17)20(26)25(19)5-2/h8-9,14,18H,4-7,10-13H2,1-3H3. The highest BCUT2D eigenvalue weighted by atomic mass is 35.5. The minimum Gasteiger partial charge on any atom is -0.305 e. The van der Waals surface area contributed by atoms with Crippen molar-refractivity contribution in [2.24, 2.45) is 0 Å². The molecule has 0 spiro atoms. The summed E-state index contributed by atoms with van der Waals surface area (Å²) in [6.07, 6.45) is 3.22. The molecule has 1 saturated heterocycles. The molecule has 1 aromatic carbocycles. The summed E-state index contributed by atoms with van der Waals surface area (Å²) < 4.78 is 1.84. The number of nitrogens with zero attached hydrogens (tertiary/aromatic N) is 4. The van der Waals surface area contributed by atoms with E-state index in [-0.39, 0.29) is 11.6 Å². The van der Waals surface area contributed by atoms with E-state index in [1.54, 1.807) is 6.07 Å². The van der Waals surface area contributed by atoms with E-state index in [0.717, 1.165) is 56.8 Å². The Morgan fingerprint density at radius 3 is 2.73 bits per heavy atom. The van der Waals surface area contributed by atoms with Crippen molar-refractivity contribution in [3.8, 4) is 0 Å². The van der Waals surface area contributed by atoms with Crippen molar-refractivity contribution in [3.63, 3.8) is 0 Å². The van der Waals surface area contributed by atoms with Crippen molar-refractivity contribution >= 4 is 22.5 Å². The van der Waals surface area contributed by atoms with E-state index in [1.165, 1.54) is 0 Å². The van der Waals surface area contributed by atoms with Crippen molar-refractivity contribution in [3.05, 3.63) is 39.4 Å². The zero-order valence-electron chi connectivity index (χ0n) is 16.0. The Hall–Kier alpha value is -1.43. The van der Waals surface area contributed by atoms with E-state index < -0.39 is 0 Å². The molecule has 2 aromatic rings. The maximum Gasteiger partial charge on any atom is 0.261 e. The van der Waals surface area contributed by atoms with Gasteiger partial charge in [0.15, 0.2) is 0 Å². The fraction of sp³-hybridized carbons (Fsp3) is 0.600. The number of halogens is 1. The van der Waals surface area contributed by atoms with Gasteiger partial charge in [-0.1, -0.05) is 24.9 Å². The van der Waals surface area contributed by atoms with Crippen molar-refractivity contribution in [1.29, 1.82) is 0 Å². The third-order valence-electron chi connectivity index (χ3n) is 5.32. The number of fused-ring (bicyclic) bond motifs is 1. The molecule has 1 unspecified atom stereocenters. The zero-order chi connectivity index (χ0) is 18.7. The Morgan fingerprint density at radius 1 is 1.19 bits per heavy atom. The molecule has 6 heteroatoms. The van der Waals surface area contributed by atoms with Gasteiger partial charge in [-0.25, -0.2) is 4.98 Å². The maximum absolute atomic E-state index is 13.1. The molecule has 3 rings (SSSR count). The monoisotopic (exact) mass is 376 g/mol. The molecule has 0 radical (unpaired) electrons. The second-order valence-corrected chi connectivity index (χ2v) is 7.61. The Morgan fingerprint density at radius 2 is 2.00 bits per heavy atom. The lowest BCUT2D eigenvalue weighted by atomic mass is 10.1. The number of benzene rings is 1. The number of rotatable bonds is 5. The zero-order valence-corrected chi connectivity index (χ0v) is 16.8. The maximum atomic E-state index is 13.1. The van der Waals surface area contributed by atoms with E-state index in [2.05, 4.69) is 23.8 Å². The summed E-state index contributed by atoms with van der Waals surface area (Å²) >= 11 is 6.10. The smallest absolute Gasteiger partial charge is 0.261 e. The van der Waals surface area contributed by atoms with E-state index in [0.29, 0.717) is 17.0 Å². The van der Waals surface area contributed by atoms with Crippen LogP contribution in [0, 0.1) is 0 Å². The van der Waals surface area contributed by atoms with E-state index in [4.69, 9.17) is 16.6 Å². The van der Waals surface area contributed by atoms with Crippen molar-refractivity contribution in [1.82, 2.24) is 19.4 Å². The van der Waals surface area contributed by atoms with E-state index >= 15 is 0 Å². The summed E-state index contributed by atoms with van der Waals surface area (Å²) in [5.41, 5.74) is 0.759. The number of aromatic nitrogens is 2. The molecular formula is C20H29ClN4O. The van der Waals surface area contributed by atoms with Crippen LogP contribution in [-0.2, 0) is 6.54 Å². The van der Waals surface area contributed by atoms with Crippen LogP contribution >= 0.6 is 11.6 Å². The van der Waals surface area contributed by atoms with Gasteiger partial charge in [-0.3, -0.25) is 14.3 Å². The van der Waals surface area contributed by atoms with Gasteiger partial charge in [-0.2, -0.15) is 0 Å². The van der Waals surface area contributed by atoms with Gasteiger partial charge in [-0.15, -0.1) is 0 Å². The molecular weight excluding hydrogens is 348 g/mol. The molecule has 0 bridgehead atoms. The highest BCUT2D eigenvalue weighted by Gasteiger charge is 2.26. The third kappa shape index (κ3) is 3.95. The summed E-state index contributed by atoms with van der Waals surface area (Å²) in [5.74, 6) is 0.902. The quantitative estimate of drug-likeness (QED) is 0.800. The number of hydrogen-bond acceptors (Lipinski definition) is 4. The molecule has 5 nitrogen and oxygen atoms in total. The van der Waals surface area contributed by atoms with Crippen LogP contribution in [0.2, 0.25) is 5.02 Å². The van der Waals surface area contributed by atoms with Gasteiger partial charge in [0.25, 0.3) is 5.56 Å². The first kappa shape index (κ1) is 19.3. The van der Waals surface area contributed by atoms with Gasteiger partial charge in [0.2, 0.25) is 0 Å². The highest BCUT2D eigenvalue weighted by Crippen LogP contribution is 2.27. The summed E-state index contributed by atoms with van der Waals surface area (Å²) in [4.78, 5) is 22.9. The minimum atomic E-state index is 0.0167. The van der Waals surface area contributed by atoms with E-state index in [9.17, 15) is 4.79 Å². The predicted molar refractivity (Wildman–Crippen MR) is 108 cm³/mol. The normalized spacial score (nSPS) is 18.2. The van der Waals surface area contributed by atoms with Crippen LogP contribution < -0.4 is 5.56 Å². The Bertz CT molecular complexity index is 819. The minimum absolute atomic E-state index is 0.0167. The highest BCUT2D eigenvalue weighted by molar-refractivity contribution is 6.31. The van der Waals surface area contributed by atoms with Crippen LogP contribution in [0.1, 0.15) is 45.0 Å². The average molecular weight is 377 g/mol. The molecule has 142 valence electrons. The van der Waals surface area contributed by atoms with Crippen LogP contribution in [0.4, 0.5) is 0 Å². The molecule has 26 heavy (non-hydrogen) atoms. The molecule has 0 saturated carbocycles. The Balaban J connectivity index is 2.09. The molecule has 0 amide bonds. The van der Waals surface area contributed by atoms with Gasteiger partial charge in [0.05, 0.1) is 16.9 Å². The van der Waals surface area contributed by atoms with Crippen LogP contribution in [0.15, 0.2) is 23.0 Å². The topological polar surface area (TPSA) is 41.4 Å². The van der Waals surface area contributed by atoms with Gasteiger partial charge in [-0.05, 0) is 51.6 Å². The second-order valence-electron chi connectivity index (χ2n) is 7.18. The van der Waals surface area contributed by atoms with Crippen LogP contribution in [-0.4, -0.2) is 52.6 Å². The molecule has 1 fully saturated rings. The summed E-state index contributed by atoms with van der Waals surface area (Å²) in [6.45, 7) is 9.08. The van der Waals surface area contributed by atoms with Gasteiger partial charge >= 0.3 is 0 Å². The first-order chi connectivity index (χ1) is 12.5. The fourth-order valence-electron chi connectivity index (χ4n) is 3.90. The average Bonchev–Trinajstić information content (AvgIpc) is 2.85. The molecule has 1 aromatic heterocycles. The summed E-state index contributed by atoms with van der Waals surface area (Å²) in [7, 11) is 2.18. The number of hydrogen-bond donors (Lipinski definition) is 0. The van der Waals surface area contributed by atoms with Crippen molar-refractivity contribution in [2.45, 2.75) is 45.7 Å². The van der Waals surface area contributed by atoms with Crippen molar-refractivity contribution < 1.29 is 0 Å². The molecule has 1 aliphatic rings. The van der Waals surface area contributed by atoms with Crippen LogP contribution in [0.25, 0.3) is 10.9 Å². The lowest BCUT2D eigenvalue weighted by molar-refractivity contribution is 0.180. The predicted octanol–water partition coefficient (Wildman–Crippen LogP) is 3.55. The second kappa shape index (κ2) is 8.51. The van der Waals surface area contributed by atoms with Gasteiger partial charge in [0.1, 0.15) is 5.82 Å². The first-order valence-electron chi connectivity index (χ1n) is 9.67. The Labute approximate surface area is 160 Å². The lowest BCUT2D eigenvalue weighted by Gasteiger charge is -2.31. The van der Waals surface area contributed by atoms with Crippen LogP contribution in [0.3, 0.4) is 0 Å². The van der Waals surface area contributed by atoms with Crippen molar-refractivity contribution in [2.75, 3.05) is 33.2 Å². The lowest BCUT2D eigenvalue weighted by Crippen LogP contribution is -2.37. The first-order valence-corrected chi connectivity index (χ1v) is 10.1. The largest absolute Gasteiger partial charge is 0.305 e. The molecule has 1 aliphatic heterocycles. The molecule has 0 aliphatic carbocycles. The summed E-state index contributed by atoms with van der Waals surface area (Å²) in [6, 6.07) is 5.59. The molecule has 2 heterocycles. The fourth-order valence-corrected chi connectivity index (χ4v) is 4.07. The van der Waals surface area contributed by atoms with Crippen LogP contribution in [0.5, 0.6) is 0 Å². The molecule has 0 N–H and O–H groups in total. The Kier molecular flexibility index (Phi) is 6.33. The third-order valence-corrected chi connectivity index (χ3v) is 5.55. The SMILES string of the molecule is CCCC(c1nc2ccc(Cl)cc2c(=O)n1CC)N1CCCN(C)CC1. The molecule has 1 atom stereocenters. The van der Waals surface area contributed by atoms with E-state index in [1.807, 2.05) is 23.6 Å². The van der Waals surface area contributed by atoms with Gasteiger partial charge in [0, 0.05) is 31.2 Å². The number of likely N-dealkylation sites (N-methyl/N-ethyl adjacent to an activating group) is 1.